The summed E-state index contributed by atoms with van der Waals surface area (Å²) in [4.78, 5) is 21.9. The summed E-state index contributed by atoms with van der Waals surface area (Å²) in [6.07, 6.45) is -0.611. The molecule has 14 heavy (non-hydrogen) atoms. The molecular weight excluding hydrogens is 184 g/mol. The van der Waals surface area contributed by atoms with Crippen LogP contribution < -0.4 is 0 Å². The summed E-state index contributed by atoms with van der Waals surface area (Å²) in [5, 5.41) is 0. The predicted molar refractivity (Wildman–Crippen MR) is 51.5 cm³/mol. The van der Waals surface area contributed by atoms with Gasteiger partial charge in [0.15, 0.2) is 0 Å². The van der Waals surface area contributed by atoms with Gasteiger partial charge < -0.3 is 9.47 Å². The van der Waals surface area contributed by atoms with Gasteiger partial charge in [-0.25, -0.2) is 4.79 Å². The monoisotopic (exact) mass is 200 g/mol. The SMILES string of the molecule is C=C(C(=O)OC)[C@@H](OC(C)=O)C(C)C. The first-order valence-electron chi connectivity index (χ1n) is 4.34. The lowest BCUT2D eigenvalue weighted by Crippen LogP contribution is -2.28. The van der Waals surface area contributed by atoms with E-state index in [-0.39, 0.29) is 11.5 Å². The minimum Gasteiger partial charge on any atom is -0.466 e. The van der Waals surface area contributed by atoms with E-state index in [9.17, 15) is 9.59 Å². The van der Waals surface area contributed by atoms with E-state index >= 15 is 0 Å². The first kappa shape index (κ1) is 12.7. The highest BCUT2D eigenvalue weighted by Crippen LogP contribution is 2.16. The molecule has 0 N–H and O–H groups in total. The zero-order valence-corrected chi connectivity index (χ0v) is 8.99. The van der Waals surface area contributed by atoms with Crippen molar-refractivity contribution in [1.82, 2.24) is 0 Å². The van der Waals surface area contributed by atoms with Gasteiger partial charge in [0.05, 0.1) is 12.7 Å². The Bertz CT molecular complexity index is 243. The second-order valence-electron chi connectivity index (χ2n) is 3.29. The van der Waals surface area contributed by atoms with Crippen LogP contribution in [0.5, 0.6) is 0 Å². The summed E-state index contributed by atoms with van der Waals surface area (Å²) in [5.74, 6) is -0.996. The Kier molecular flexibility index (Phi) is 4.91. The second-order valence-corrected chi connectivity index (χ2v) is 3.29. The first-order valence-corrected chi connectivity index (χ1v) is 4.34. The molecule has 0 aliphatic heterocycles. The van der Waals surface area contributed by atoms with Gasteiger partial charge in [-0.1, -0.05) is 20.4 Å². The molecule has 0 heterocycles. The molecule has 0 unspecified atom stereocenters. The van der Waals surface area contributed by atoms with E-state index in [1.54, 1.807) is 0 Å². The van der Waals surface area contributed by atoms with Crippen molar-refractivity contribution in [3.8, 4) is 0 Å². The molecule has 1 atom stereocenters. The van der Waals surface area contributed by atoms with Gasteiger partial charge >= 0.3 is 11.9 Å². The lowest BCUT2D eigenvalue weighted by atomic mass is 10.0. The van der Waals surface area contributed by atoms with Gasteiger partial charge in [0.2, 0.25) is 0 Å². The molecule has 0 aromatic rings. The maximum atomic E-state index is 11.1. The van der Waals surface area contributed by atoms with Crippen molar-refractivity contribution in [1.29, 1.82) is 0 Å². The van der Waals surface area contributed by atoms with Gasteiger partial charge in [-0.3, -0.25) is 4.79 Å². The molecule has 0 fully saturated rings. The third-order valence-corrected chi connectivity index (χ3v) is 1.69. The maximum absolute atomic E-state index is 11.1. The number of ether oxygens (including phenoxy) is 2. The number of hydrogen-bond acceptors (Lipinski definition) is 4. The zero-order chi connectivity index (χ0) is 11.3. The van der Waals surface area contributed by atoms with E-state index < -0.39 is 18.0 Å². The summed E-state index contributed by atoms with van der Waals surface area (Å²) in [6.45, 7) is 8.51. The van der Waals surface area contributed by atoms with E-state index in [2.05, 4.69) is 11.3 Å². The smallest absolute Gasteiger partial charge is 0.336 e. The van der Waals surface area contributed by atoms with Crippen LogP contribution in [0.1, 0.15) is 20.8 Å². The van der Waals surface area contributed by atoms with Crippen molar-refractivity contribution in [2.75, 3.05) is 7.11 Å². The van der Waals surface area contributed by atoms with E-state index in [0.29, 0.717) is 0 Å². The van der Waals surface area contributed by atoms with Crippen LogP contribution in [0.4, 0.5) is 0 Å². The summed E-state index contributed by atoms with van der Waals surface area (Å²) in [5.41, 5.74) is 0.165. The lowest BCUT2D eigenvalue weighted by Gasteiger charge is -2.21. The van der Waals surface area contributed by atoms with Crippen LogP contribution in [-0.4, -0.2) is 25.2 Å². The number of esters is 2. The predicted octanol–water partition coefficient (Wildman–Crippen LogP) is 1.30. The van der Waals surface area contributed by atoms with Crippen LogP contribution >= 0.6 is 0 Å². The molecule has 0 aromatic carbocycles. The van der Waals surface area contributed by atoms with Crippen LogP contribution in [0.2, 0.25) is 0 Å². The Morgan fingerprint density at radius 3 is 2.07 bits per heavy atom. The van der Waals surface area contributed by atoms with Gasteiger partial charge in [0.1, 0.15) is 6.10 Å². The van der Waals surface area contributed by atoms with E-state index in [4.69, 9.17) is 4.74 Å². The third-order valence-electron chi connectivity index (χ3n) is 1.69. The summed E-state index contributed by atoms with van der Waals surface area (Å²) in [7, 11) is 1.26. The molecule has 0 bridgehead atoms. The number of carbonyl (C=O) groups is 2. The molecule has 0 saturated carbocycles. The van der Waals surface area contributed by atoms with Crippen molar-refractivity contribution in [2.24, 2.45) is 5.92 Å². The Balaban J connectivity index is 4.57. The van der Waals surface area contributed by atoms with Crippen molar-refractivity contribution >= 4 is 11.9 Å². The van der Waals surface area contributed by atoms with Gasteiger partial charge in [0.25, 0.3) is 0 Å². The molecule has 0 spiro atoms. The number of rotatable bonds is 4. The third kappa shape index (κ3) is 3.60. The molecule has 0 aliphatic rings. The van der Waals surface area contributed by atoms with Crippen LogP contribution in [0.15, 0.2) is 12.2 Å². The number of hydrogen-bond donors (Lipinski definition) is 0. The van der Waals surface area contributed by atoms with Crippen molar-refractivity contribution in [3.05, 3.63) is 12.2 Å². The highest BCUT2D eigenvalue weighted by molar-refractivity contribution is 5.89. The van der Waals surface area contributed by atoms with Gasteiger partial charge in [-0.15, -0.1) is 0 Å². The highest BCUT2D eigenvalue weighted by Gasteiger charge is 2.25. The topological polar surface area (TPSA) is 52.6 Å². The Labute approximate surface area is 83.9 Å². The Hall–Kier alpha value is -1.32. The molecule has 80 valence electrons. The molecule has 0 rings (SSSR count). The molecule has 0 amide bonds. The van der Waals surface area contributed by atoms with Crippen LogP contribution in [0, 0.1) is 5.92 Å². The van der Waals surface area contributed by atoms with Crippen LogP contribution in [0.3, 0.4) is 0 Å². The average molecular weight is 200 g/mol. The van der Waals surface area contributed by atoms with Crippen molar-refractivity contribution in [3.63, 3.8) is 0 Å². The normalized spacial score (nSPS) is 12.1. The minimum atomic E-state index is -0.611. The molecular formula is C10H16O4. The highest BCUT2D eigenvalue weighted by atomic mass is 16.6. The van der Waals surface area contributed by atoms with Crippen LogP contribution in [-0.2, 0) is 19.1 Å². The molecule has 0 radical (unpaired) electrons. The first-order chi connectivity index (χ1) is 6.40. The van der Waals surface area contributed by atoms with Gasteiger partial charge in [-0.05, 0) is 5.92 Å². The fourth-order valence-electron chi connectivity index (χ4n) is 1.04. The maximum Gasteiger partial charge on any atom is 0.336 e. The van der Waals surface area contributed by atoms with E-state index in [0.717, 1.165) is 0 Å². The molecule has 0 aromatic heterocycles. The summed E-state index contributed by atoms with van der Waals surface area (Å²) < 4.78 is 9.45. The Morgan fingerprint density at radius 2 is 1.79 bits per heavy atom. The lowest BCUT2D eigenvalue weighted by molar-refractivity contribution is -0.148. The molecule has 0 saturated heterocycles. The zero-order valence-electron chi connectivity index (χ0n) is 8.99. The average Bonchev–Trinajstić information content (AvgIpc) is 2.11. The largest absolute Gasteiger partial charge is 0.466 e. The number of carbonyl (C=O) groups excluding carboxylic acids is 2. The quantitative estimate of drug-likeness (QED) is 0.507. The number of methoxy groups -OCH3 is 1. The fraction of sp³-hybridized carbons (Fsp3) is 0.600. The molecule has 4 heteroatoms. The van der Waals surface area contributed by atoms with Crippen molar-refractivity contribution < 1.29 is 19.1 Å². The van der Waals surface area contributed by atoms with Gasteiger partial charge in [0, 0.05) is 6.92 Å². The second kappa shape index (κ2) is 5.42. The summed E-state index contributed by atoms with van der Waals surface area (Å²) in [6, 6.07) is 0. The standard InChI is InChI=1S/C10H16O4/c1-6(2)9(14-8(4)11)7(3)10(12)13-5/h6,9H,3H2,1-2,4-5H3/t9-/m0/s1. The van der Waals surface area contributed by atoms with Crippen molar-refractivity contribution in [2.45, 2.75) is 26.9 Å². The van der Waals surface area contributed by atoms with Crippen LogP contribution in [0.25, 0.3) is 0 Å². The van der Waals surface area contributed by atoms with Gasteiger partial charge in [-0.2, -0.15) is 0 Å². The summed E-state index contributed by atoms with van der Waals surface area (Å²) >= 11 is 0. The molecule has 0 aliphatic carbocycles. The van der Waals surface area contributed by atoms with E-state index in [1.165, 1.54) is 14.0 Å². The minimum absolute atomic E-state index is 0.00880. The molecule has 4 nitrogen and oxygen atoms in total. The van der Waals surface area contributed by atoms with E-state index in [1.807, 2.05) is 13.8 Å². The fourth-order valence-corrected chi connectivity index (χ4v) is 1.04. The Morgan fingerprint density at radius 1 is 1.29 bits per heavy atom.